The summed E-state index contributed by atoms with van der Waals surface area (Å²) in [4.78, 5) is 2.48. The van der Waals surface area contributed by atoms with Crippen molar-refractivity contribution in [2.24, 2.45) is 0 Å². The Bertz CT molecular complexity index is 296. The molecule has 84 valence electrons. The largest absolute Gasteiger partial charge is 0.296 e. The molecule has 0 aliphatic heterocycles. The van der Waals surface area contributed by atoms with Crippen LogP contribution in [0.2, 0.25) is 0 Å². The van der Waals surface area contributed by atoms with Crippen molar-refractivity contribution in [1.29, 1.82) is 0 Å². The molecular weight excluding hydrogens is 250 g/mol. The number of nitrogens with zero attached hydrogens (tertiary/aromatic N) is 1. The summed E-state index contributed by atoms with van der Waals surface area (Å²) < 4.78 is 0. The molecule has 0 unspecified atom stereocenters. The van der Waals surface area contributed by atoms with Gasteiger partial charge in [0.1, 0.15) is 0 Å². The van der Waals surface area contributed by atoms with Gasteiger partial charge in [-0.25, -0.2) is 0 Å². The van der Waals surface area contributed by atoms with Crippen LogP contribution in [0.25, 0.3) is 0 Å². The summed E-state index contributed by atoms with van der Waals surface area (Å²) in [6.07, 6.45) is 0. The average Bonchev–Trinajstić information content (AvgIpc) is 2.17. The van der Waals surface area contributed by atoms with Gasteiger partial charge in [-0.1, -0.05) is 45.8 Å². The third-order valence-corrected chi connectivity index (χ3v) is 2.92. The van der Waals surface area contributed by atoms with E-state index in [4.69, 9.17) is 0 Å². The number of halogens is 1. The number of hydrogen-bond donors (Lipinski definition) is 0. The molecule has 0 saturated carbocycles. The third-order valence-electron chi connectivity index (χ3n) is 2.57. The fraction of sp³-hybridized carbons (Fsp3) is 0.538. The Hall–Kier alpha value is -0.340. The topological polar surface area (TPSA) is 3.24 Å². The van der Waals surface area contributed by atoms with Gasteiger partial charge >= 0.3 is 0 Å². The van der Waals surface area contributed by atoms with Crippen LogP contribution in [-0.4, -0.2) is 22.8 Å². The van der Waals surface area contributed by atoms with Gasteiger partial charge in [0.25, 0.3) is 0 Å². The number of hydrogen-bond acceptors (Lipinski definition) is 1. The summed E-state index contributed by atoms with van der Waals surface area (Å²) in [6, 6.07) is 9.36. The molecular formula is C13H20BrN. The SMILES string of the molecule is Cc1cccc(CN(CCBr)C(C)C)c1. The van der Waals surface area contributed by atoms with Crippen molar-refractivity contribution in [2.75, 3.05) is 11.9 Å². The Balaban J connectivity index is 2.65. The fourth-order valence-corrected chi connectivity index (χ4v) is 2.13. The first kappa shape index (κ1) is 12.7. The van der Waals surface area contributed by atoms with Crippen molar-refractivity contribution >= 4 is 15.9 Å². The van der Waals surface area contributed by atoms with Crippen LogP contribution >= 0.6 is 15.9 Å². The van der Waals surface area contributed by atoms with Crippen LogP contribution in [0.5, 0.6) is 0 Å². The van der Waals surface area contributed by atoms with E-state index in [1.165, 1.54) is 11.1 Å². The lowest BCUT2D eigenvalue weighted by Crippen LogP contribution is -2.31. The fourth-order valence-electron chi connectivity index (χ4n) is 1.67. The normalized spacial score (nSPS) is 11.3. The maximum Gasteiger partial charge on any atom is 0.0236 e. The van der Waals surface area contributed by atoms with Gasteiger partial charge in [0.05, 0.1) is 0 Å². The Kier molecular flexibility index (Phi) is 5.34. The molecule has 0 heterocycles. The monoisotopic (exact) mass is 269 g/mol. The van der Waals surface area contributed by atoms with Gasteiger partial charge < -0.3 is 0 Å². The molecule has 0 aromatic heterocycles. The minimum Gasteiger partial charge on any atom is -0.296 e. The van der Waals surface area contributed by atoms with Crippen LogP contribution in [0, 0.1) is 6.92 Å². The molecule has 0 aliphatic carbocycles. The highest BCUT2D eigenvalue weighted by Crippen LogP contribution is 2.10. The molecule has 0 atom stereocenters. The number of benzene rings is 1. The van der Waals surface area contributed by atoms with E-state index < -0.39 is 0 Å². The molecule has 0 fully saturated rings. The molecule has 15 heavy (non-hydrogen) atoms. The predicted molar refractivity (Wildman–Crippen MR) is 70.5 cm³/mol. The lowest BCUT2D eigenvalue weighted by Gasteiger charge is -2.25. The second-order valence-electron chi connectivity index (χ2n) is 4.24. The predicted octanol–water partition coefficient (Wildman–Crippen LogP) is 3.60. The summed E-state index contributed by atoms with van der Waals surface area (Å²) >= 11 is 3.50. The van der Waals surface area contributed by atoms with Gasteiger partial charge in [-0.15, -0.1) is 0 Å². The second-order valence-corrected chi connectivity index (χ2v) is 5.04. The molecule has 0 aliphatic rings. The van der Waals surface area contributed by atoms with E-state index in [1.54, 1.807) is 0 Å². The lowest BCUT2D eigenvalue weighted by atomic mass is 10.1. The first-order chi connectivity index (χ1) is 7.13. The molecule has 1 nitrogen and oxygen atoms in total. The lowest BCUT2D eigenvalue weighted by molar-refractivity contribution is 0.227. The minimum absolute atomic E-state index is 0.600. The van der Waals surface area contributed by atoms with Crippen LogP contribution < -0.4 is 0 Å². The third kappa shape index (κ3) is 4.35. The quantitative estimate of drug-likeness (QED) is 0.739. The molecule has 1 rings (SSSR count). The van der Waals surface area contributed by atoms with Crippen molar-refractivity contribution in [3.05, 3.63) is 35.4 Å². The van der Waals surface area contributed by atoms with Crippen LogP contribution in [0.15, 0.2) is 24.3 Å². The van der Waals surface area contributed by atoms with Crippen LogP contribution in [0.4, 0.5) is 0 Å². The van der Waals surface area contributed by atoms with E-state index in [0.717, 1.165) is 18.4 Å². The minimum atomic E-state index is 0.600. The second kappa shape index (κ2) is 6.29. The van der Waals surface area contributed by atoms with E-state index >= 15 is 0 Å². The number of alkyl halides is 1. The molecule has 0 N–H and O–H groups in total. The zero-order valence-electron chi connectivity index (χ0n) is 9.83. The molecule has 1 aromatic rings. The smallest absolute Gasteiger partial charge is 0.0236 e. The molecule has 1 aromatic carbocycles. The first-order valence-corrected chi connectivity index (χ1v) is 6.61. The molecule has 2 heteroatoms. The Morgan fingerprint density at radius 2 is 2.07 bits per heavy atom. The Morgan fingerprint density at radius 3 is 2.60 bits per heavy atom. The van der Waals surface area contributed by atoms with Gasteiger partial charge in [-0.05, 0) is 26.3 Å². The first-order valence-electron chi connectivity index (χ1n) is 5.49. The summed E-state index contributed by atoms with van der Waals surface area (Å²) in [7, 11) is 0. The molecule has 0 radical (unpaired) electrons. The van der Waals surface area contributed by atoms with Crippen molar-refractivity contribution in [1.82, 2.24) is 4.90 Å². The van der Waals surface area contributed by atoms with Gasteiger partial charge in [0, 0.05) is 24.5 Å². The highest BCUT2D eigenvalue weighted by atomic mass is 79.9. The zero-order chi connectivity index (χ0) is 11.3. The van der Waals surface area contributed by atoms with Gasteiger partial charge in [-0.2, -0.15) is 0 Å². The highest BCUT2D eigenvalue weighted by Gasteiger charge is 2.08. The standard InChI is InChI=1S/C13H20BrN/c1-11(2)15(8-7-14)10-13-6-4-5-12(3)9-13/h4-6,9,11H,7-8,10H2,1-3H3. The van der Waals surface area contributed by atoms with Crippen LogP contribution in [0.1, 0.15) is 25.0 Å². The van der Waals surface area contributed by atoms with Crippen molar-refractivity contribution in [3.8, 4) is 0 Å². The molecule has 0 spiro atoms. The summed E-state index contributed by atoms with van der Waals surface area (Å²) in [6.45, 7) is 8.79. The van der Waals surface area contributed by atoms with Crippen LogP contribution in [0.3, 0.4) is 0 Å². The van der Waals surface area contributed by atoms with Crippen LogP contribution in [-0.2, 0) is 6.54 Å². The Morgan fingerprint density at radius 1 is 1.33 bits per heavy atom. The maximum absolute atomic E-state index is 3.50. The number of rotatable bonds is 5. The Labute approximate surface area is 102 Å². The van der Waals surface area contributed by atoms with E-state index in [-0.39, 0.29) is 0 Å². The highest BCUT2D eigenvalue weighted by molar-refractivity contribution is 9.09. The van der Waals surface area contributed by atoms with Crippen molar-refractivity contribution < 1.29 is 0 Å². The maximum atomic E-state index is 3.50. The molecule has 0 amide bonds. The molecule has 0 saturated heterocycles. The molecule has 0 bridgehead atoms. The summed E-state index contributed by atoms with van der Waals surface area (Å²) in [5.41, 5.74) is 2.75. The van der Waals surface area contributed by atoms with E-state index in [0.29, 0.717) is 6.04 Å². The summed E-state index contributed by atoms with van der Waals surface area (Å²) in [5.74, 6) is 0. The zero-order valence-corrected chi connectivity index (χ0v) is 11.4. The van der Waals surface area contributed by atoms with E-state index in [9.17, 15) is 0 Å². The van der Waals surface area contributed by atoms with E-state index in [1.807, 2.05) is 0 Å². The van der Waals surface area contributed by atoms with Gasteiger partial charge in [0.2, 0.25) is 0 Å². The van der Waals surface area contributed by atoms with Crippen molar-refractivity contribution in [2.45, 2.75) is 33.4 Å². The van der Waals surface area contributed by atoms with E-state index in [2.05, 4.69) is 65.9 Å². The summed E-state index contributed by atoms with van der Waals surface area (Å²) in [5, 5.41) is 1.04. The van der Waals surface area contributed by atoms with Gasteiger partial charge in [-0.3, -0.25) is 4.90 Å². The van der Waals surface area contributed by atoms with Crippen molar-refractivity contribution in [3.63, 3.8) is 0 Å². The average molecular weight is 270 g/mol. The van der Waals surface area contributed by atoms with Gasteiger partial charge in [0.15, 0.2) is 0 Å². The number of aryl methyl sites for hydroxylation is 1.